The number of halogens is 1. The second kappa shape index (κ2) is 14.0. The summed E-state index contributed by atoms with van der Waals surface area (Å²) >= 11 is 0. The van der Waals surface area contributed by atoms with Gasteiger partial charge in [0.1, 0.15) is 23.8 Å². The van der Waals surface area contributed by atoms with E-state index in [-0.39, 0.29) is 29.6 Å². The predicted molar refractivity (Wildman–Crippen MR) is 178 cm³/mol. The topological polar surface area (TPSA) is 119 Å². The van der Waals surface area contributed by atoms with Crippen LogP contribution >= 0.6 is 0 Å². The van der Waals surface area contributed by atoms with Crippen LogP contribution in [-0.2, 0) is 16.4 Å². The van der Waals surface area contributed by atoms with E-state index < -0.39 is 21.7 Å². The summed E-state index contributed by atoms with van der Waals surface area (Å²) in [6.45, 7) is 4.00. The first-order valence-electron chi connectivity index (χ1n) is 15.9. The number of sulfone groups is 1. The Morgan fingerprint density at radius 3 is 2.35 bits per heavy atom. The molecule has 0 N–H and O–H groups in total. The highest BCUT2D eigenvalue weighted by atomic mass is 32.2. The molecular weight excluding hydrogens is 635 g/mol. The van der Waals surface area contributed by atoms with Crippen LogP contribution in [0.1, 0.15) is 45.7 Å². The lowest BCUT2D eigenvalue weighted by Crippen LogP contribution is -2.37. The molecule has 13 heteroatoms. The van der Waals surface area contributed by atoms with Gasteiger partial charge >= 0.3 is 0 Å². The molecule has 5 aromatic rings. The number of imidazole rings is 2. The van der Waals surface area contributed by atoms with E-state index in [0.29, 0.717) is 62.4 Å². The van der Waals surface area contributed by atoms with E-state index in [1.165, 1.54) is 28.7 Å². The number of ether oxygens (including phenoxy) is 1. The van der Waals surface area contributed by atoms with Crippen molar-refractivity contribution in [2.75, 3.05) is 39.0 Å². The molecule has 1 aliphatic rings. The summed E-state index contributed by atoms with van der Waals surface area (Å²) in [6.07, 6.45) is 8.05. The van der Waals surface area contributed by atoms with Crippen molar-refractivity contribution in [3.63, 3.8) is 0 Å². The number of aryl methyl sites for hydroxylation is 2. The molecular formula is C35H37FN6O5S. The van der Waals surface area contributed by atoms with Gasteiger partial charge in [-0.25, -0.2) is 18.4 Å². The Hall–Kier alpha value is -5.04. The molecule has 0 fully saturated rings. The minimum Gasteiger partial charge on any atom is -0.492 e. The molecule has 3 aromatic heterocycles. The van der Waals surface area contributed by atoms with Gasteiger partial charge in [-0.1, -0.05) is 18.2 Å². The Morgan fingerprint density at radius 1 is 0.875 bits per heavy atom. The van der Waals surface area contributed by atoms with Crippen molar-refractivity contribution in [3.05, 3.63) is 102 Å². The predicted octanol–water partition coefficient (Wildman–Crippen LogP) is 4.90. The van der Waals surface area contributed by atoms with Gasteiger partial charge in [-0.15, -0.1) is 0 Å². The monoisotopic (exact) mass is 672 g/mol. The van der Waals surface area contributed by atoms with Gasteiger partial charge in [-0.2, -0.15) is 4.39 Å². The van der Waals surface area contributed by atoms with E-state index in [9.17, 15) is 18.0 Å². The third-order valence-electron chi connectivity index (χ3n) is 8.39. The molecule has 0 saturated carbocycles. The second-order valence-corrected chi connectivity index (χ2v) is 14.0. The minimum atomic E-state index is -3.41. The first-order chi connectivity index (χ1) is 23.1. The normalized spacial score (nSPS) is 15.1. The number of amides is 2. The summed E-state index contributed by atoms with van der Waals surface area (Å²) in [5.74, 6) is -0.0611. The van der Waals surface area contributed by atoms with Crippen LogP contribution in [0.25, 0.3) is 17.0 Å². The first kappa shape index (κ1) is 32.9. The fraction of sp³-hybridized carbons (Fsp3) is 0.314. The van der Waals surface area contributed by atoms with Crippen molar-refractivity contribution < 1.29 is 27.1 Å². The van der Waals surface area contributed by atoms with E-state index in [0.717, 1.165) is 23.2 Å². The average Bonchev–Trinajstić information content (AvgIpc) is 3.68. The third-order valence-corrected chi connectivity index (χ3v) is 9.51. The summed E-state index contributed by atoms with van der Waals surface area (Å²) in [6, 6.07) is 17.0. The lowest BCUT2D eigenvalue weighted by Gasteiger charge is -2.25. The van der Waals surface area contributed by atoms with E-state index in [2.05, 4.69) is 9.97 Å². The molecule has 0 saturated heterocycles. The summed E-state index contributed by atoms with van der Waals surface area (Å²) < 4.78 is 48.8. The number of fused-ring (bicyclic) bond motifs is 5. The number of nitrogens with zero attached hydrogens (tertiary/aromatic N) is 6. The molecule has 0 atom stereocenters. The Balaban J connectivity index is 1.27. The van der Waals surface area contributed by atoms with Gasteiger partial charge in [0.25, 0.3) is 11.8 Å². The molecule has 11 nitrogen and oxygen atoms in total. The van der Waals surface area contributed by atoms with Gasteiger partial charge in [0.15, 0.2) is 15.5 Å². The number of carbonyl (C=O) groups excluding carboxylic acids is 2. The van der Waals surface area contributed by atoms with E-state index in [1.54, 1.807) is 28.3 Å². The number of aromatic nitrogens is 4. The molecule has 0 spiro atoms. The maximum absolute atomic E-state index is 15.5. The van der Waals surface area contributed by atoms with Crippen molar-refractivity contribution in [2.24, 2.45) is 0 Å². The van der Waals surface area contributed by atoms with Crippen LogP contribution in [0.15, 0.2) is 84.1 Å². The van der Waals surface area contributed by atoms with Gasteiger partial charge < -0.3 is 19.1 Å². The zero-order valence-electron chi connectivity index (χ0n) is 26.9. The fourth-order valence-corrected chi connectivity index (χ4v) is 6.48. The largest absolute Gasteiger partial charge is 0.492 e. The van der Waals surface area contributed by atoms with Crippen molar-refractivity contribution >= 4 is 27.3 Å². The Morgan fingerprint density at radius 2 is 1.60 bits per heavy atom. The minimum absolute atomic E-state index is 0.133. The number of carbonyl (C=O) groups is 2. The highest BCUT2D eigenvalue weighted by Crippen LogP contribution is 2.24. The van der Waals surface area contributed by atoms with Gasteiger partial charge in [0, 0.05) is 62.2 Å². The summed E-state index contributed by atoms with van der Waals surface area (Å²) in [5.41, 5.74) is 2.19. The van der Waals surface area contributed by atoms with Crippen LogP contribution in [0.5, 0.6) is 5.75 Å². The SMILES string of the molecule is Cc1ccc2nc(C(=O)N3CCCCN(C(=O)c4ccc(S(C)(=O)=O)cc4)CCOc4cccc(c4)-c4nccn4CCC3)c(F)n2c1. The molecule has 0 aliphatic carbocycles. The van der Waals surface area contributed by atoms with Crippen LogP contribution in [0.3, 0.4) is 0 Å². The zero-order valence-corrected chi connectivity index (χ0v) is 27.7. The van der Waals surface area contributed by atoms with Gasteiger partial charge in [0.05, 0.1) is 11.4 Å². The van der Waals surface area contributed by atoms with Crippen molar-refractivity contribution in [1.82, 2.24) is 28.7 Å². The average molecular weight is 673 g/mol. The van der Waals surface area contributed by atoms with Crippen LogP contribution in [-0.4, -0.2) is 88.0 Å². The van der Waals surface area contributed by atoms with Crippen LogP contribution in [0.2, 0.25) is 0 Å². The van der Waals surface area contributed by atoms with Gasteiger partial charge in [-0.05, 0) is 74.2 Å². The quantitative estimate of drug-likeness (QED) is 0.268. The number of hydrogen-bond donors (Lipinski definition) is 0. The summed E-state index contributed by atoms with van der Waals surface area (Å²) in [7, 11) is -3.41. The number of benzene rings is 2. The van der Waals surface area contributed by atoms with Crippen molar-refractivity contribution in [2.45, 2.75) is 37.6 Å². The van der Waals surface area contributed by atoms with Crippen LogP contribution in [0, 0.1) is 12.9 Å². The van der Waals surface area contributed by atoms with Gasteiger partial charge in [-0.3, -0.25) is 14.0 Å². The Labute approximate surface area is 278 Å². The van der Waals surface area contributed by atoms with Crippen LogP contribution < -0.4 is 4.74 Å². The first-order valence-corrected chi connectivity index (χ1v) is 17.7. The number of pyridine rings is 1. The fourth-order valence-electron chi connectivity index (χ4n) is 5.85. The lowest BCUT2D eigenvalue weighted by molar-refractivity contribution is 0.0700. The smallest absolute Gasteiger partial charge is 0.277 e. The molecule has 0 unspecified atom stereocenters. The summed E-state index contributed by atoms with van der Waals surface area (Å²) in [4.78, 5) is 39.7. The zero-order chi connectivity index (χ0) is 33.8. The molecule has 2 aromatic carbocycles. The van der Waals surface area contributed by atoms with E-state index >= 15 is 4.39 Å². The molecule has 48 heavy (non-hydrogen) atoms. The van der Waals surface area contributed by atoms with Crippen molar-refractivity contribution in [1.29, 1.82) is 0 Å². The highest BCUT2D eigenvalue weighted by molar-refractivity contribution is 7.90. The molecule has 2 bridgehead atoms. The molecule has 1 aliphatic heterocycles. The Kier molecular flexibility index (Phi) is 9.58. The number of rotatable bonds is 3. The molecule has 4 heterocycles. The molecule has 6 rings (SSSR count). The molecule has 2 amide bonds. The standard InChI is InChI=1S/C35H37FN6O5S/c1-25-9-14-30-38-31(32(36)42(30)24-25)35(44)40-16-3-4-17-41(34(43)26-10-12-29(13-11-26)48(2,45)46)21-22-47-28-8-5-7-27(23-28)33-37-15-20-39(33)18-6-19-40/h5,7-15,20,23-24H,3-4,6,16-19,21-22H2,1-2H3. The molecule has 250 valence electrons. The second-order valence-electron chi connectivity index (χ2n) is 11.9. The highest BCUT2D eigenvalue weighted by Gasteiger charge is 2.25. The van der Waals surface area contributed by atoms with E-state index in [1.807, 2.05) is 48.0 Å². The molecule has 0 radical (unpaired) electrons. The maximum Gasteiger partial charge on any atom is 0.277 e. The van der Waals surface area contributed by atoms with Gasteiger partial charge in [0.2, 0.25) is 5.95 Å². The lowest BCUT2D eigenvalue weighted by atomic mass is 10.2. The maximum atomic E-state index is 15.5. The number of hydrogen-bond acceptors (Lipinski definition) is 7. The third kappa shape index (κ3) is 7.25. The summed E-state index contributed by atoms with van der Waals surface area (Å²) in [5, 5.41) is 0. The Bertz CT molecular complexity index is 2060. The van der Waals surface area contributed by atoms with Crippen molar-refractivity contribution in [3.8, 4) is 17.1 Å². The van der Waals surface area contributed by atoms with E-state index in [4.69, 9.17) is 4.74 Å². The van der Waals surface area contributed by atoms with Crippen LogP contribution in [0.4, 0.5) is 4.39 Å².